The Bertz CT molecular complexity index is 1070. The van der Waals surface area contributed by atoms with E-state index in [4.69, 9.17) is 0 Å². The molecule has 182 valence electrons. The van der Waals surface area contributed by atoms with E-state index in [2.05, 4.69) is 10.6 Å². The van der Waals surface area contributed by atoms with Gasteiger partial charge in [0.25, 0.3) is 0 Å². The molecular formula is C25H30FN3O4S. The van der Waals surface area contributed by atoms with Crippen molar-refractivity contribution < 1.29 is 23.0 Å². The summed E-state index contributed by atoms with van der Waals surface area (Å²) in [7, 11) is -1.79. The van der Waals surface area contributed by atoms with Crippen molar-refractivity contribution in [3.8, 4) is 0 Å². The Labute approximate surface area is 201 Å². The number of amides is 3. The second-order valence-electron chi connectivity index (χ2n) is 8.53. The predicted molar refractivity (Wildman–Crippen MR) is 132 cm³/mol. The third kappa shape index (κ3) is 7.21. The van der Waals surface area contributed by atoms with Gasteiger partial charge in [-0.15, -0.1) is 0 Å². The van der Waals surface area contributed by atoms with Crippen molar-refractivity contribution in [3.63, 3.8) is 0 Å². The number of benzene rings is 2. The third-order valence-corrected chi connectivity index (χ3v) is 7.05. The van der Waals surface area contributed by atoms with Crippen LogP contribution in [0.25, 0.3) is 0 Å². The highest BCUT2D eigenvalue weighted by Gasteiger charge is 2.25. The number of hydrogen-bond donors (Lipinski definition) is 2. The summed E-state index contributed by atoms with van der Waals surface area (Å²) in [4.78, 5) is 39.4. The smallest absolute Gasteiger partial charge is 0.240 e. The molecule has 1 saturated carbocycles. The zero-order valence-electron chi connectivity index (χ0n) is 19.4. The van der Waals surface area contributed by atoms with E-state index >= 15 is 0 Å². The van der Waals surface area contributed by atoms with Crippen LogP contribution in [0, 0.1) is 19.7 Å². The summed E-state index contributed by atoms with van der Waals surface area (Å²) < 4.78 is 25.6. The van der Waals surface area contributed by atoms with Crippen LogP contribution in [0.4, 0.5) is 15.8 Å². The molecule has 0 bridgehead atoms. The molecule has 2 aromatic rings. The van der Waals surface area contributed by atoms with E-state index in [1.807, 2.05) is 19.9 Å². The Hall–Kier alpha value is -3.07. The van der Waals surface area contributed by atoms with E-state index < -0.39 is 39.9 Å². The molecule has 0 aromatic heterocycles. The fourth-order valence-corrected chi connectivity index (χ4v) is 4.86. The van der Waals surface area contributed by atoms with Crippen molar-refractivity contribution in [1.29, 1.82) is 0 Å². The van der Waals surface area contributed by atoms with Crippen LogP contribution in [0.15, 0.2) is 42.5 Å². The van der Waals surface area contributed by atoms with Crippen LogP contribution in [0.1, 0.15) is 36.8 Å². The molecule has 34 heavy (non-hydrogen) atoms. The van der Waals surface area contributed by atoms with Gasteiger partial charge in [-0.1, -0.05) is 25.0 Å². The Kier molecular flexibility index (Phi) is 8.92. The lowest BCUT2D eigenvalue weighted by atomic mass is 10.1. The van der Waals surface area contributed by atoms with Crippen LogP contribution >= 0.6 is 0 Å². The summed E-state index contributed by atoms with van der Waals surface area (Å²) in [6.07, 6.45) is 4.00. The summed E-state index contributed by atoms with van der Waals surface area (Å²) in [6, 6.07) is 10.8. The Morgan fingerprint density at radius 1 is 1.00 bits per heavy atom. The average Bonchev–Trinajstić information content (AvgIpc) is 3.28. The van der Waals surface area contributed by atoms with Crippen LogP contribution in [0.2, 0.25) is 0 Å². The van der Waals surface area contributed by atoms with Gasteiger partial charge in [-0.25, -0.2) is 4.39 Å². The number of halogens is 1. The monoisotopic (exact) mass is 487 g/mol. The molecule has 3 rings (SSSR count). The largest absolute Gasteiger partial charge is 0.352 e. The van der Waals surface area contributed by atoms with Gasteiger partial charge >= 0.3 is 0 Å². The molecule has 0 aliphatic heterocycles. The van der Waals surface area contributed by atoms with Gasteiger partial charge in [0.1, 0.15) is 23.9 Å². The summed E-state index contributed by atoms with van der Waals surface area (Å²) in [5.41, 5.74) is 2.77. The molecular weight excluding hydrogens is 457 g/mol. The standard InChI is InChI=1S/C25H30FN3O4S/c1-17-6-5-9-22(18(17)2)29(14-23(30)27-20-7-3-4-8-20)25(32)16-34(33)15-24(31)28-21-12-10-19(26)11-13-21/h5-6,9-13,20H,3-4,7-8,14-16H2,1-2H3,(H,27,30)(H,28,31)/t34-/m1/s1. The number of nitrogens with one attached hydrogen (secondary N) is 2. The highest BCUT2D eigenvalue weighted by atomic mass is 32.2. The zero-order chi connectivity index (χ0) is 24.7. The van der Waals surface area contributed by atoms with Crippen molar-refractivity contribution in [2.45, 2.75) is 45.6 Å². The van der Waals surface area contributed by atoms with Crippen LogP contribution in [-0.2, 0) is 25.2 Å². The van der Waals surface area contributed by atoms with Gasteiger partial charge in [0.2, 0.25) is 17.7 Å². The Morgan fingerprint density at radius 3 is 2.35 bits per heavy atom. The lowest BCUT2D eigenvalue weighted by molar-refractivity contribution is -0.123. The van der Waals surface area contributed by atoms with Gasteiger partial charge in [-0.2, -0.15) is 0 Å². The first kappa shape index (κ1) is 25.6. The number of rotatable bonds is 9. The molecule has 3 amide bonds. The van der Waals surface area contributed by atoms with E-state index in [0.29, 0.717) is 11.4 Å². The number of carbonyl (C=O) groups is 3. The van der Waals surface area contributed by atoms with Gasteiger partial charge in [-0.3, -0.25) is 18.6 Å². The normalized spacial score (nSPS) is 14.4. The van der Waals surface area contributed by atoms with E-state index in [1.165, 1.54) is 29.2 Å². The number of carbonyl (C=O) groups excluding carboxylic acids is 3. The number of hydrogen-bond acceptors (Lipinski definition) is 4. The van der Waals surface area contributed by atoms with Gasteiger partial charge in [0.05, 0.1) is 0 Å². The first-order valence-electron chi connectivity index (χ1n) is 11.3. The molecule has 2 N–H and O–H groups in total. The maximum Gasteiger partial charge on any atom is 0.240 e. The topological polar surface area (TPSA) is 95.6 Å². The molecule has 2 aromatic carbocycles. The quantitative estimate of drug-likeness (QED) is 0.568. The third-order valence-electron chi connectivity index (χ3n) is 5.89. The van der Waals surface area contributed by atoms with Crippen molar-refractivity contribution in [3.05, 3.63) is 59.4 Å². The number of nitrogens with zero attached hydrogens (tertiary/aromatic N) is 1. The molecule has 0 heterocycles. The van der Waals surface area contributed by atoms with E-state index in [-0.39, 0.29) is 18.5 Å². The summed E-state index contributed by atoms with van der Waals surface area (Å²) in [5, 5.41) is 5.52. The van der Waals surface area contributed by atoms with Crippen LogP contribution in [0.3, 0.4) is 0 Å². The van der Waals surface area contributed by atoms with Gasteiger partial charge < -0.3 is 15.5 Å². The van der Waals surface area contributed by atoms with E-state index in [9.17, 15) is 23.0 Å². The minimum atomic E-state index is -1.79. The van der Waals surface area contributed by atoms with Crippen molar-refractivity contribution in [2.75, 3.05) is 28.3 Å². The van der Waals surface area contributed by atoms with Crippen LogP contribution in [-0.4, -0.2) is 46.0 Å². The molecule has 0 radical (unpaired) electrons. The van der Waals surface area contributed by atoms with Crippen molar-refractivity contribution in [1.82, 2.24) is 5.32 Å². The molecule has 9 heteroatoms. The van der Waals surface area contributed by atoms with Crippen molar-refractivity contribution >= 4 is 39.9 Å². The highest BCUT2D eigenvalue weighted by Crippen LogP contribution is 2.23. The second-order valence-corrected chi connectivity index (χ2v) is 9.99. The molecule has 0 saturated heterocycles. The lowest BCUT2D eigenvalue weighted by Crippen LogP contribution is -2.45. The van der Waals surface area contributed by atoms with Gasteiger partial charge in [0.15, 0.2) is 0 Å². The Morgan fingerprint density at radius 2 is 1.68 bits per heavy atom. The molecule has 1 fully saturated rings. The van der Waals surface area contributed by atoms with Crippen molar-refractivity contribution in [2.24, 2.45) is 0 Å². The maximum atomic E-state index is 13.1. The predicted octanol–water partition coefficient (Wildman–Crippen LogP) is 3.22. The number of anilines is 2. The zero-order valence-corrected chi connectivity index (χ0v) is 20.3. The Balaban J connectivity index is 1.66. The fourth-order valence-electron chi connectivity index (χ4n) is 3.97. The molecule has 1 aliphatic carbocycles. The van der Waals surface area contributed by atoms with Gasteiger partial charge in [0, 0.05) is 28.2 Å². The van der Waals surface area contributed by atoms with E-state index in [1.54, 1.807) is 12.1 Å². The summed E-state index contributed by atoms with van der Waals surface area (Å²) in [6.45, 7) is 3.60. The molecule has 1 atom stereocenters. The maximum absolute atomic E-state index is 13.1. The van der Waals surface area contributed by atoms with Gasteiger partial charge in [-0.05, 0) is 68.1 Å². The average molecular weight is 488 g/mol. The summed E-state index contributed by atoms with van der Waals surface area (Å²) >= 11 is 0. The summed E-state index contributed by atoms with van der Waals surface area (Å²) in [5.74, 6) is -2.53. The molecule has 7 nitrogen and oxygen atoms in total. The van der Waals surface area contributed by atoms with E-state index in [0.717, 1.165) is 36.8 Å². The lowest BCUT2D eigenvalue weighted by Gasteiger charge is -2.25. The first-order valence-corrected chi connectivity index (χ1v) is 12.8. The van der Waals surface area contributed by atoms with Crippen LogP contribution < -0.4 is 15.5 Å². The molecule has 1 aliphatic rings. The molecule has 0 spiro atoms. The second kappa shape index (κ2) is 11.9. The molecule has 0 unspecified atom stereocenters. The first-order chi connectivity index (χ1) is 16.2. The van der Waals surface area contributed by atoms with Crippen LogP contribution in [0.5, 0.6) is 0 Å². The minimum absolute atomic E-state index is 0.118. The SMILES string of the molecule is Cc1cccc(N(CC(=O)NC2CCCC2)C(=O)C[S@](=O)CC(=O)Nc2ccc(F)cc2)c1C. The minimum Gasteiger partial charge on any atom is -0.352 e. The number of aryl methyl sites for hydroxylation is 1. The highest BCUT2D eigenvalue weighted by molar-refractivity contribution is 7.86. The fraction of sp³-hybridized carbons (Fsp3) is 0.400.